The molecule has 10 atom stereocenters. The van der Waals surface area contributed by atoms with E-state index < -0.39 is 66.5 Å². The maximum absolute atomic E-state index is 14.2. The molecule has 0 radical (unpaired) electrons. The Morgan fingerprint density at radius 1 is 0.870 bits per heavy atom. The molecule has 2 fully saturated rings. The lowest BCUT2D eigenvalue weighted by Crippen LogP contribution is -2.52. The summed E-state index contributed by atoms with van der Waals surface area (Å²) >= 11 is 0. The quantitative estimate of drug-likeness (QED) is 0.0217. The first-order valence-corrected chi connectivity index (χ1v) is 34.9. The maximum atomic E-state index is 14.2. The summed E-state index contributed by atoms with van der Waals surface area (Å²) in [5.41, 5.74) is -0.972. The molecule has 0 N–H and O–H groups in total. The Kier molecular flexibility index (Phi) is 24.6. The molecule has 398 valence electrons. The first-order valence-electron chi connectivity index (χ1n) is 27.4. The normalized spacial score (nSPS) is 28.2. The number of carbonyl (C=O) groups is 3. The second kappa shape index (κ2) is 27.8. The zero-order valence-electron chi connectivity index (χ0n) is 46.7. The highest BCUT2D eigenvalue weighted by atomic mass is 28.4. The first kappa shape index (κ1) is 61.2. The number of cyclic esters (lactones) is 1. The highest BCUT2D eigenvalue weighted by molar-refractivity contribution is 6.74. The van der Waals surface area contributed by atoms with Gasteiger partial charge >= 0.3 is 18.0 Å². The minimum Gasteiger partial charge on any atom is -0.457 e. The van der Waals surface area contributed by atoms with Crippen molar-refractivity contribution in [2.24, 2.45) is 11.8 Å². The van der Waals surface area contributed by atoms with Gasteiger partial charge in [-0.1, -0.05) is 107 Å². The van der Waals surface area contributed by atoms with Gasteiger partial charge in [-0.15, -0.1) is 0 Å². The van der Waals surface area contributed by atoms with Gasteiger partial charge in [-0.05, 0) is 113 Å². The Morgan fingerprint density at radius 3 is 1.96 bits per heavy atom. The zero-order valence-corrected chi connectivity index (χ0v) is 49.7. The van der Waals surface area contributed by atoms with Crippen molar-refractivity contribution < 1.29 is 46.6 Å². The van der Waals surface area contributed by atoms with Crippen LogP contribution >= 0.6 is 0 Å². The molecule has 10 unspecified atom stereocenters. The Labute approximate surface area is 423 Å². The van der Waals surface area contributed by atoms with Gasteiger partial charge in [0.05, 0.1) is 30.3 Å². The van der Waals surface area contributed by atoms with Gasteiger partial charge in [0.1, 0.15) is 6.10 Å². The van der Waals surface area contributed by atoms with E-state index in [4.69, 9.17) is 32.2 Å². The van der Waals surface area contributed by atoms with E-state index in [0.29, 0.717) is 25.9 Å². The largest absolute Gasteiger partial charge is 0.457 e. The number of rotatable bonds is 25. The Bertz CT molecular complexity index is 1670. The van der Waals surface area contributed by atoms with Crippen LogP contribution in [0.3, 0.4) is 0 Å². The Morgan fingerprint density at radius 2 is 1.43 bits per heavy atom. The van der Waals surface area contributed by atoms with Crippen molar-refractivity contribution >= 4 is 43.0 Å². The molecule has 15 heteroatoms. The van der Waals surface area contributed by atoms with Crippen LogP contribution < -0.4 is 0 Å². The summed E-state index contributed by atoms with van der Waals surface area (Å²) in [5.74, 6) is -0.874. The second-order valence-corrected chi connectivity index (χ2v) is 35.5. The van der Waals surface area contributed by atoms with E-state index in [1.807, 2.05) is 46.0 Å². The number of hydrogen-bond acceptors (Lipinski definition) is 11. The smallest absolute Gasteiger partial charge is 0.410 e. The molecular weight excluding hydrogens is 921 g/mol. The van der Waals surface area contributed by atoms with Crippen LogP contribution in [0.5, 0.6) is 0 Å². The molecule has 2 saturated heterocycles. The lowest BCUT2D eigenvalue weighted by molar-refractivity contribution is -0.158. The third-order valence-electron chi connectivity index (χ3n) is 16.7. The van der Waals surface area contributed by atoms with Crippen LogP contribution in [-0.2, 0) is 41.8 Å². The molecule has 69 heavy (non-hydrogen) atoms. The van der Waals surface area contributed by atoms with Crippen molar-refractivity contribution in [2.75, 3.05) is 33.2 Å². The van der Waals surface area contributed by atoms with Crippen LogP contribution in [0.4, 0.5) is 4.79 Å². The summed E-state index contributed by atoms with van der Waals surface area (Å²) in [6.07, 6.45) is 10.4. The molecule has 0 spiro atoms. The number of piperazine rings is 1. The van der Waals surface area contributed by atoms with Gasteiger partial charge in [0.2, 0.25) is 0 Å². The summed E-state index contributed by atoms with van der Waals surface area (Å²) in [4.78, 5) is 44.9. The van der Waals surface area contributed by atoms with E-state index >= 15 is 0 Å². The van der Waals surface area contributed by atoms with Crippen LogP contribution in [0.1, 0.15) is 143 Å². The summed E-state index contributed by atoms with van der Waals surface area (Å²) in [5, 5.41) is 0. The van der Waals surface area contributed by atoms with Crippen LogP contribution in [0.15, 0.2) is 36.0 Å². The minimum atomic E-state index is -2.21. The highest BCUT2D eigenvalue weighted by Crippen LogP contribution is 2.43. The molecule has 0 aromatic heterocycles. The maximum Gasteiger partial charge on any atom is 0.410 e. The van der Waals surface area contributed by atoms with E-state index in [0.717, 1.165) is 85.9 Å². The number of amides is 1. The lowest BCUT2D eigenvalue weighted by atomic mass is 9.88. The standard InChI is InChI=1S/C54H100N2O10Si3/c1-18-46(65-68(22-5,23-6)24-7)43(13)51-47(61-51)40-53(15,66-69(25-8,26-9)27-10)33-28-29-41(11)50-42(12)30-31-48(60-44(14)57)54(16,63-52(59)56-37-35-55(17)36-38-56)34-32-45(39-49(58)62-50)64-67(19-2,20-3)21-4/h28-31,33,42-43,45-48,50-51H,18-27,32,34-40H2,1-17H3/b31-30+,33-28+,41-29+. The third-order valence-corrected chi connectivity index (χ3v) is 30.9. The third kappa shape index (κ3) is 17.2. The topological polar surface area (TPSA) is 126 Å². The molecular formula is C54H100N2O10Si3. The second-order valence-electron chi connectivity index (χ2n) is 21.3. The summed E-state index contributed by atoms with van der Waals surface area (Å²) in [6, 6.07) is 9.21. The molecule has 3 rings (SSSR count). The van der Waals surface area contributed by atoms with Crippen molar-refractivity contribution in [3.05, 3.63) is 36.0 Å². The van der Waals surface area contributed by atoms with E-state index in [9.17, 15) is 14.4 Å². The fraction of sp³-hybridized carbons (Fsp3) is 0.833. The highest BCUT2D eigenvalue weighted by Gasteiger charge is 2.51. The lowest BCUT2D eigenvalue weighted by Gasteiger charge is -2.40. The van der Waals surface area contributed by atoms with Crippen molar-refractivity contribution in [3.63, 3.8) is 0 Å². The van der Waals surface area contributed by atoms with Gasteiger partial charge in [0.25, 0.3) is 0 Å². The molecule has 0 aromatic carbocycles. The Balaban J connectivity index is 2.06. The molecule has 0 saturated carbocycles. The van der Waals surface area contributed by atoms with Crippen LogP contribution in [0.25, 0.3) is 0 Å². The van der Waals surface area contributed by atoms with Gasteiger partial charge in [0, 0.05) is 57.5 Å². The van der Waals surface area contributed by atoms with Crippen LogP contribution in [-0.4, -0.2) is 134 Å². The van der Waals surface area contributed by atoms with Crippen molar-refractivity contribution in [1.29, 1.82) is 0 Å². The number of hydrogen-bond donors (Lipinski definition) is 0. The predicted molar refractivity (Wildman–Crippen MR) is 288 cm³/mol. The molecule has 3 aliphatic rings. The van der Waals surface area contributed by atoms with Crippen molar-refractivity contribution in [2.45, 2.75) is 245 Å². The number of carbonyl (C=O) groups excluding carboxylic acids is 3. The molecule has 0 aromatic rings. The summed E-state index contributed by atoms with van der Waals surface area (Å²) in [6.45, 7) is 36.8. The molecule has 3 aliphatic heterocycles. The van der Waals surface area contributed by atoms with Gasteiger partial charge in [-0.3, -0.25) is 9.59 Å². The fourth-order valence-corrected chi connectivity index (χ4v) is 19.8. The van der Waals surface area contributed by atoms with Gasteiger partial charge < -0.3 is 42.0 Å². The number of epoxide rings is 1. The fourth-order valence-electron chi connectivity index (χ4n) is 10.8. The predicted octanol–water partition coefficient (Wildman–Crippen LogP) is 12.6. The van der Waals surface area contributed by atoms with E-state index in [1.165, 1.54) is 6.92 Å². The number of nitrogens with zero attached hydrogens (tertiary/aromatic N) is 2. The van der Waals surface area contributed by atoms with Crippen molar-refractivity contribution in [1.82, 2.24) is 9.80 Å². The summed E-state index contributed by atoms with van der Waals surface area (Å²) in [7, 11) is -4.02. The number of allylic oxidation sites excluding steroid dienone is 2. The van der Waals surface area contributed by atoms with Crippen molar-refractivity contribution in [3.8, 4) is 0 Å². The van der Waals surface area contributed by atoms with E-state index in [-0.39, 0.29) is 42.5 Å². The SMILES string of the molecule is CCC(O[Si](CC)(CC)CC)C(C)C1OC1CC(C)(/C=C/C=C(\C)C1OC(=O)CC(O[Si](CC)(CC)CC)CCC(C)(OC(=O)N2CCN(C)CC2)C(OC(C)=O)/C=C/C1C)O[Si](CC)(CC)CC. The summed E-state index contributed by atoms with van der Waals surface area (Å²) < 4.78 is 47.0. The van der Waals surface area contributed by atoms with Crippen LogP contribution in [0, 0.1) is 11.8 Å². The number of likely N-dealkylation sites (N-methyl/N-ethyl adjacent to an activating group) is 1. The molecule has 12 nitrogen and oxygen atoms in total. The van der Waals surface area contributed by atoms with E-state index in [1.54, 1.807) is 4.90 Å². The average Bonchev–Trinajstić information content (AvgIpc) is 4.10. The number of esters is 2. The van der Waals surface area contributed by atoms with Crippen LogP contribution in [0.2, 0.25) is 54.4 Å². The average molecular weight is 1020 g/mol. The zero-order chi connectivity index (χ0) is 51.8. The van der Waals surface area contributed by atoms with E-state index in [2.05, 4.69) is 100 Å². The molecule has 3 heterocycles. The number of ether oxygens (including phenoxy) is 4. The van der Waals surface area contributed by atoms with Gasteiger partial charge in [-0.25, -0.2) is 4.79 Å². The van der Waals surface area contributed by atoms with Gasteiger partial charge in [-0.2, -0.15) is 0 Å². The van der Waals surface area contributed by atoms with Gasteiger partial charge in [0.15, 0.2) is 36.7 Å². The Hall–Kier alpha value is -2.12. The monoisotopic (exact) mass is 1020 g/mol. The molecule has 0 bridgehead atoms. The minimum absolute atomic E-state index is 0.0542. The first-order chi connectivity index (χ1) is 32.6. The molecule has 1 amide bonds. The molecule has 0 aliphatic carbocycles.